The molecular formula is C14H14N2O6S. The third-order valence-electron chi connectivity index (χ3n) is 3.13. The summed E-state index contributed by atoms with van der Waals surface area (Å²) in [5.41, 5.74) is -0.253. The number of phenols is 1. The molecule has 2 amide bonds. The summed E-state index contributed by atoms with van der Waals surface area (Å²) in [6.07, 6.45) is 1.88. The monoisotopic (exact) mass is 338 g/mol. The maximum absolute atomic E-state index is 12.2. The van der Waals surface area contributed by atoms with Crippen LogP contribution >= 0.6 is 11.8 Å². The number of imide groups is 1. The van der Waals surface area contributed by atoms with E-state index in [0.29, 0.717) is 13.0 Å². The third-order valence-corrected chi connectivity index (χ3v) is 4.03. The SMILES string of the molecule is CCCN1C(=O)S/C(=C/c2cc([N+](=O)[O-])cc(OC)c2O)C1=O. The van der Waals surface area contributed by atoms with Gasteiger partial charge in [0.2, 0.25) is 0 Å². The van der Waals surface area contributed by atoms with Crippen LogP contribution in [0.1, 0.15) is 18.9 Å². The molecule has 1 fully saturated rings. The number of nitro benzene ring substituents is 1. The molecule has 0 aliphatic carbocycles. The van der Waals surface area contributed by atoms with Crippen LogP contribution in [-0.2, 0) is 4.79 Å². The van der Waals surface area contributed by atoms with Crippen LogP contribution in [0, 0.1) is 10.1 Å². The number of thioether (sulfide) groups is 1. The number of non-ortho nitro benzene ring substituents is 1. The van der Waals surface area contributed by atoms with E-state index in [4.69, 9.17) is 4.74 Å². The maximum atomic E-state index is 12.2. The molecule has 1 aromatic rings. The predicted octanol–water partition coefficient (Wildman–Crippen LogP) is 2.76. The molecule has 0 radical (unpaired) electrons. The minimum absolute atomic E-state index is 0.0399. The van der Waals surface area contributed by atoms with Gasteiger partial charge in [0.05, 0.1) is 23.0 Å². The molecule has 2 rings (SSSR count). The lowest BCUT2D eigenvalue weighted by Gasteiger charge is -2.09. The Bertz CT molecular complexity index is 715. The van der Waals surface area contributed by atoms with Crippen molar-refractivity contribution >= 4 is 34.7 Å². The fourth-order valence-corrected chi connectivity index (χ4v) is 2.90. The number of methoxy groups -OCH3 is 1. The molecule has 0 atom stereocenters. The highest BCUT2D eigenvalue weighted by molar-refractivity contribution is 8.18. The van der Waals surface area contributed by atoms with Crippen molar-refractivity contribution in [3.05, 3.63) is 32.7 Å². The number of aromatic hydroxyl groups is 1. The van der Waals surface area contributed by atoms with Gasteiger partial charge >= 0.3 is 0 Å². The Morgan fingerprint density at radius 3 is 2.70 bits per heavy atom. The zero-order chi connectivity index (χ0) is 17.1. The molecule has 8 nitrogen and oxygen atoms in total. The summed E-state index contributed by atoms with van der Waals surface area (Å²) in [6, 6.07) is 2.20. The van der Waals surface area contributed by atoms with Gasteiger partial charge in [0.25, 0.3) is 16.8 Å². The second-order valence-corrected chi connectivity index (χ2v) is 5.67. The summed E-state index contributed by atoms with van der Waals surface area (Å²) < 4.78 is 4.90. The van der Waals surface area contributed by atoms with E-state index < -0.39 is 16.1 Å². The van der Waals surface area contributed by atoms with E-state index in [-0.39, 0.29) is 27.7 Å². The zero-order valence-electron chi connectivity index (χ0n) is 12.4. The molecule has 1 aromatic carbocycles. The van der Waals surface area contributed by atoms with Crippen LogP contribution in [-0.4, -0.2) is 39.7 Å². The number of phenolic OH excluding ortho intramolecular Hbond substituents is 1. The molecule has 0 aromatic heterocycles. The number of amides is 2. The van der Waals surface area contributed by atoms with Crippen molar-refractivity contribution in [2.75, 3.05) is 13.7 Å². The smallest absolute Gasteiger partial charge is 0.293 e. The molecular weight excluding hydrogens is 324 g/mol. The highest BCUT2D eigenvalue weighted by Crippen LogP contribution is 2.39. The Balaban J connectivity index is 2.47. The van der Waals surface area contributed by atoms with E-state index in [1.165, 1.54) is 13.2 Å². The van der Waals surface area contributed by atoms with Crippen molar-refractivity contribution in [3.8, 4) is 11.5 Å². The fraction of sp³-hybridized carbons (Fsp3) is 0.286. The Labute approximate surface area is 135 Å². The average Bonchev–Trinajstić information content (AvgIpc) is 2.77. The highest BCUT2D eigenvalue weighted by atomic mass is 32.2. The highest BCUT2D eigenvalue weighted by Gasteiger charge is 2.34. The summed E-state index contributed by atoms with van der Waals surface area (Å²) in [7, 11) is 1.26. The molecule has 1 N–H and O–H groups in total. The minimum atomic E-state index is -0.637. The summed E-state index contributed by atoms with van der Waals surface area (Å²) in [5, 5.41) is 20.6. The van der Waals surface area contributed by atoms with Crippen molar-refractivity contribution in [1.82, 2.24) is 4.90 Å². The quantitative estimate of drug-likeness (QED) is 0.499. The van der Waals surface area contributed by atoms with Crippen molar-refractivity contribution in [1.29, 1.82) is 0 Å². The van der Waals surface area contributed by atoms with Crippen LogP contribution in [0.25, 0.3) is 6.08 Å². The lowest BCUT2D eigenvalue weighted by Crippen LogP contribution is -2.28. The Hall–Kier alpha value is -2.55. The number of hydrogen-bond acceptors (Lipinski definition) is 7. The minimum Gasteiger partial charge on any atom is -0.504 e. The van der Waals surface area contributed by atoms with E-state index in [1.54, 1.807) is 0 Å². The van der Waals surface area contributed by atoms with Crippen LogP contribution in [0.15, 0.2) is 17.0 Å². The van der Waals surface area contributed by atoms with E-state index >= 15 is 0 Å². The molecule has 122 valence electrons. The van der Waals surface area contributed by atoms with Crippen LogP contribution in [0.5, 0.6) is 11.5 Å². The molecule has 0 saturated carbocycles. The first-order valence-electron chi connectivity index (χ1n) is 6.69. The van der Waals surface area contributed by atoms with Crippen molar-refractivity contribution in [2.45, 2.75) is 13.3 Å². The van der Waals surface area contributed by atoms with Crippen LogP contribution in [0.3, 0.4) is 0 Å². The summed E-state index contributed by atoms with van der Waals surface area (Å²) in [5.74, 6) is -0.898. The molecule has 0 unspecified atom stereocenters. The third kappa shape index (κ3) is 3.29. The second-order valence-electron chi connectivity index (χ2n) is 4.68. The summed E-state index contributed by atoms with van der Waals surface area (Å²) >= 11 is 0.730. The number of rotatable bonds is 5. The van der Waals surface area contributed by atoms with Gasteiger partial charge in [-0.1, -0.05) is 6.92 Å². The van der Waals surface area contributed by atoms with Gasteiger partial charge in [-0.3, -0.25) is 24.6 Å². The standard InChI is InChI=1S/C14H14N2O6S/c1-3-4-15-13(18)11(23-14(15)19)6-8-5-9(16(20)21)7-10(22-2)12(8)17/h5-7,17H,3-4H2,1-2H3/b11-6+. The number of nitrogens with zero attached hydrogens (tertiary/aromatic N) is 2. The number of hydrogen-bond donors (Lipinski definition) is 1. The molecule has 23 heavy (non-hydrogen) atoms. The topological polar surface area (TPSA) is 110 Å². The molecule has 1 aliphatic heterocycles. The lowest BCUT2D eigenvalue weighted by atomic mass is 10.1. The van der Waals surface area contributed by atoms with Gasteiger partial charge in [-0.25, -0.2) is 0 Å². The first kappa shape index (κ1) is 16.8. The lowest BCUT2D eigenvalue weighted by molar-refractivity contribution is -0.385. The fourth-order valence-electron chi connectivity index (χ4n) is 2.04. The first-order valence-corrected chi connectivity index (χ1v) is 7.51. The second kappa shape index (κ2) is 6.69. The molecule has 1 heterocycles. The van der Waals surface area contributed by atoms with Gasteiger partial charge in [0.15, 0.2) is 11.5 Å². The Kier molecular flexibility index (Phi) is 4.89. The average molecular weight is 338 g/mol. The number of carbonyl (C=O) groups excluding carboxylic acids is 2. The molecule has 1 aliphatic rings. The first-order chi connectivity index (χ1) is 10.9. The van der Waals surface area contributed by atoms with E-state index in [0.717, 1.165) is 28.8 Å². The van der Waals surface area contributed by atoms with Gasteiger partial charge in [0, 0.05) is 18.2 Å². The molecule has 1 saturated heterocycles. The largest absolute Gasteiger partial charge is 0.504 e. The number of carbonyl (C=O) groups is 2. The number of nitro groups is 1. The molecule has 0 bridgehead atoms. The predicted molar refractivity (Wildman–Crippen MR) is 84.3 cm³/mol. The van der Waals surface area contributed by atoms with Gasteiger partial charge in [-0.05, 0) is 24.3 Å². The van der Waals surface area contributed by atoms with Crippen molar-refractivity contribution in [3.63, 3.8) is 0 Å². The van der Waals surface area contributed by atoms with Crippen molar-refractivity contribution < 1.29 is 24.4 Å². The molecule has 9 heteroatoms. The summed E-state index contributed by atoms with van der Waals surface area (Å²) in [4.78, 5) is 35.5. The van der Waals surface area contributed by atoms with Gasteiger partial charge in [0.1, 0.15) is 0 Å². The van der Waals surface area contributed by atoms with E-state index in [1.807, 2.05) is 6.92 Å². The van der Waals surface area contributed by atoms with E-state index in [2.05, 4.69) is 0 Å². The van der Waals surface area contributed by atoms with Gasteiger partial charge < -0.3 is 9.84 Å². The maximum Gasteiger partial charge on any atom is 0.293 e. The van der Waals surface area contributed by atoms with Crippen LogP contribution in [0.2, 0.25) is 0 Å². The van der Waals surface area contributed by atoms with E-state index in [9.17, 15) is 24.8 Å². The van der Waals surface area contributed by atoms with Crippen LogP contribution < -0.4 is 4.74 Å². The van der Waals surface area contributed by atoms with Gasteiger partial charge in [-0.2, -0.15) is 0 Å². The van der Waals surface area contributed by atoms with Crippen molar-refractivity contribution in [2.24, 2.45) is 0 Å². The van der Waals surface area contributed by atoms with Gasteiger partial charge in [-0.15, -0.1) is 0 Å². The Morgan fingerprint density at radius 2 is 2.13 bits per heavy atom. The molecule has 0 spiro atoms. The zero-order valence-corrected chi connectivity index (χ0v) is 13.3. The number of ether oxygens (including phenoxy) is 1. The van der Waals surface area contributed by atoms with Crippen LogP contribution in [0.4, 0.5) is 10.5 Å². The summed E-state index contributed by atoms with van der Waals surface area (Å²) in [6.45, 7) is 2.14. The Morgan fingerprint density at radius 1 is 1.43 bits per heavy atom. The number of benzene rings is 1. The normalized spacial score (nSPS) is 16.3.